The number of likely N-dealkylation sites (tertiary alicyclic amines) is 1. The molecule has 0 radical (unpaired) electrons. The molecular formula is C28H32N4O3. The van der Waals surface area contributed by atoms with Gasteiger partial charge in [0.15, 0.2) is 0 Å². The Kier molecular flexibility index (Phi) is 9.57. The Balaban J connectivity index is 0.000000289. The van der Waals surface area contributed by atoms with Gasteiger partial charge < -0.3 is 19.4 Å². The van der Waals surface area contributed by atoms with Crippen molar-refractivity contribution in [2.75, 3.05) is 20.2 Å². The van der Waals surface area contributed by atoms with Crippen molar-refractivity contribution in [2.24, 2.45) is 0 Å². The molecule has 1 aliphatic heterocycles. The minimum Gasteiger partial charge on any atom is -0.456 e. The Hall–Kier alpha value is -3.97. The van der Waals surface area contributed by atoms with E-state index in [0.29, 0.717) is 12.4 Å². The highest BCUT2D eigenvalue weighted by atomic mass is 16.5. The molecule has 1 aliphatic rings. The maximum Gasteiger partial charge on any atom is 0.219 e. The summed E-state index contributed by atoms with van der Waals surface area (Å²) < 4.78 is 11.0. The molecule has 5 rings (SSSR count). The normalized spacial score (nSPS) is 12.3. The highest BCUT2D eigenvalue weighted by molar-refractivity contribution is 5.86. The number of aromatic amines is 1. The van der Waals surface area contributed by atoms with Crippen LogP contribution in [0, 0.1) is 0 Å². The molecule has 35 heavy (non-hydrogen) atoms. The Morgan fingerprint density at radius 1 is 1.03 bits per heavy atom. The number of ether oxygens (including phenoxy) is 2. The summed E-state index contributed by atoms with van der Waals surface area (Å²) in [5.74, 6) is 1.68. The summed E-state index contributed by atoms with van der Waals surface area (Å²) in [6.45, 7) is 10.1. The summed E-state index contributed by atoms with van der Waals surface area (Å²) in [6.07, 6.45) is 5.88. The van der Waals surface area contributed by atoms with Crippen LogP contribution in [0.15, 0.2) is 80.1 Å². The molecule has 1 aromatic carbocycles. The number of nitrogens with zero attached hydrogens (tertiary/aromatic N) is 3. The number of benzene rings is 1. The van der Waals surface area contributed by atoms with Crippen molar-refractivity contribution in [2.45, 2.75) is 26.4 Å². The van der Waals surface area contributed by atoms with Crippen molar-refractivity contribution in [3.05, 3.63) is 85.8 Å². The molecular weight excluding hydrogens is 440 g/mol. The zero-order chi connectivity index (χ0) is 25.0. The standard InChI is InChI=1S/C20H17N3O2.C6H11NO.C2H4/c1-24-13-15-5-6-17(12-22-15)25-16-7-8-18-14(10-16)11-20(23-18)19-4-2-3-9-21-19;1-6(8)7-4-2-3-5-7;1-2/h2-12,23H,13H2,1H3;2-5H2,1H3;1-2H2. The van der Waals surface area contributed by atoms with E-state index in [2.05, 4.69) is 34.2 Å². The fourth-order valence-electron chi connectivity index (χ4n) is 3.71. The summed E-state index contributed by atoms with van der Waals surface area (Å²) in [5, 5.41) is 1.07. The van der Waals surface area contributed by atoms with Crippen LogP contribution in [0.3, 0.4) is 0 Å². The number of rotatable bonds is 5. The third kappa shape index (κ3) is 7.25. The molecule has 3 aromatic heterocycles. The van der Waals surface area contributed by atoms with Crippen LogP contribution in [0.4, 0.5) is 0 Å². The second-order valence-electron chi connectivity index (χ2n) is 7.88. The largest absolute Gasteiger partial charge is 0.456 e. The van der Waals surface area contributed by atoms with Crippen molar-refractivity contribution >= 4 is 16.8 Å². The summed E-state index contributed by atoms with van der Waals surface area (Å²) >= 11 is 0. The second kappa shape index (κ2) is 13.1. The minimum absolute atomic E-state index is 0.225. The average molecular weight is 473 g/mol. The van der Waals surface area contributed by atoms with E-state index >= 15 is 0 Å². The van der Waals surface area contributed by atoms with Gasteiger partial charge >= 0.3 is 0 Å². The number of carbonyl (C=O) groups excluding carboxylic acids is 1. The molecule has 1 saturated heterocycles. The Bertz CT molecular complexity index is 1200. The van der Waals surface area contributed by atoms with Crippen molar-refractivity contribution in [3.8, 4) is 22.9 Å². The zero-order valence-corrected chi connectivity index (χ0v) is 20.4. The van der Waals surface area contributed by atoms with Crippen molar-refractivity contribution in [1.82, 2.24) is 19.9 Å². The molecule has 1 amide bonds. The number of fused-ring (bicyclic) bond motifs is 1. The van der Waals surface area contributed by atoms with Crippen LogP contribution >= 0.6 is 0 Å². The van der Waals surface area contributed by atoms with Crippen LogP contribution in [0.1, 0.15) is 25.5 Å². The van der Waals surface area contributed by atoms with Gasteiger partial charge in [-0.25, -0.2) is 0 Å². The maximum absolute atomic E-state index is 10.6. The quantitative estimate of drug-likeness (QED) is 0.361. The first-order valence-electron chi connectivity index (χ1n) is 11.5. The molecule has 7 heteroatoms. The summed E-state index contributed by atoms with van der Waals surface area (Å²) in [7, 11) is 1.65. The van der Waals surface area contributed by atoms with E-state index in [0.717, 1.165) is 46.8 Å². The number of hydrogen-bond donors (Lipinski definition) is 1. The molecule has 7 nitrogen and oxygen atoms in total. The molecule has 4 aromatic rings. The number of methoxy groups -OCH3 is 1. The SMILES string of the molecule is C=C.CC(=O)N1CCCC1.COCc1ccc(Oc2ccc3[nH]c(-c4ccccn4)cc3c2)cn1. The van der Waals surface area contributed by atoms with Gasteiger partial charge in [0, 0.05) is 44.2 Å². The fourth-order valence-corrected chi connectivity index (χ4v) is 3.71. The van der Waals surface area contributed by atoms with Crippen molar-refractivity contribution in [1.29, 1.82) is 0 Å². The lowest BCUT2D eigenvalue weighted by Crippen LogP contribution is -2.24. The van der Waals surface area contributed by atoms with Gasteiger partial charge in [-0.1, -0.05) is 6.07 Å². The van der Waals surface area contributed by atoms with Crippen LogP contribution in [0.2, 0.25) is 0 Å². The molecule has 0 bridgehead atoms. The van der Waals surface area contributed by atoms with Gasteiger partial charge in [0.25, 0.3) is 0 Å². The number of carbonyl (C=O) groups is 1. The predicted molar refractivity (Wildman–Crippen MR) is 139 cm³/mol. The van der Waals surface area contributed by atoms with E-state index in [9.17, 15) is 4.79 Å². The summed E-state index contributed by atoms with van der Waals surface area (Å²) in [6, 6.07) is 17.7. The first-order valence-corrected chi connectivity index (χ1v) is 11.5. The first kappa shape index (κ1) is 25.6. The van der Waals surface area contributed by atoms with Gasteiger partial charge in [0.1, 0.15) is 11.5 Å². The van der Waals surface area contributed by atoms with Crippen LogP contribution in [-0.2, 0) is 16.1 Å². The van der Waals surface area contributed by atoms with E-state index in [4.69, 9.17) is 9.47 Å². The molecule has 1 fully saturated rings. The number of amides is 1. The summed E-state index contributed by atoms with van der Waals surface area (Å²) in [4.78, 5) is 24.5. The van der Waals surface area contributed by atoms with E-state index in [1.807, 2.05) is 53.4 Å². The molecule has 182 valence electrons. The predicted octanol–water partition coefficient (Wildman–Crippen LogP) is 5.99. The number of aromatic nitrogens is 3. The van der Waals surface area contributed by atoms with Gasteiger partial charge in [-0.3, -0.25) is 14.8 Å². The third-order valence-corrected chi connectivity index (χ3v) is 5.41. The van der Waals surface area contributed by atoms with E-state index in [1.165, 1.54) is 12.8 Å². The lowest BCUT2D eigenvalue weighted by molar-refractivity contribution is -0.127. The molecule has 4 heterocycles. The topological polar surface area (TPSA) is 80.3 Å². The average Bonchev–Trinajstić information content (AvgIpc) is 3.58. The maximum atomic E-state index is 10.6. The van der Waals surface area contributed by atoms with Crippen LogP contribution < -0.4 is 4.74 Å². The van der Waals surface area contributed by atoms with E-state index < -0.39 is 0 Å². The zero-order valence-electron chi connectivity index (χ0n) is 20.4. The van der Waals surface area contributed by atoms with E-state index in [-0.39, 0.29) is 5.91 Å². The smallest absolute Gasteiger partial charge is 0.219 e. The lowest BCUT2D eigenvalue weighted by Gasteiger charge is -2.10. The highest BCUT2D eigenvalue weighted by Crippen LogP contribution is 2.28. The number of H-pyrrole nitrogens is 1. The second-order valence-corrected chi connectivity index (χ2v) is 7.88. The van der Waals surface area contributed by atoms with Crippen molar-refractivity contribution < 1.29 is 14.3 Å². The Labute approximate surface area is 206 Å². The number of nitrogens with one attached hydrogen (secondary N) is 1. The molecule has 0 saturated carbocycles. The van der Waals surface area contributed by atoms with Crippen molar-refractivity contribution in [3.63, 3.8) is 0 Å². The first-order chi connectivity index (χ1) is 17.1. The Morgan fingerprint density at radius 3 is 2.40 bits per heavy atom. The van der Waals surface area contributed by atoms with Gasteiger partial charge in [0.05, 0.1) is 29.9 Å². The van der Waals surface area contributed by atoms with Gasteiger partial charge in [-0.05, 0) is 61.4 Å². The minimum atomic E-state index is 0.225. The van der Waals surface area contributed by atoms with Gasteiger partial charge in [0.2, 0.25) is 5.91 Å². The number of hydrogen-bond acceptors (Lipinski definition) is 5. The van der Waals surface area contributed by atoms with E-state index in [1.54, 1.807) is 26.4 Å². The lowest BCUT2D eigenvalue weighted by atomic mass is 10.2. The Morgan fingerprint density at radius 2 is 1.80 bits per heavy atom. The molecule has 1 N–H and O–H groups in total. The summed E-state index contributed by atoms with van der Waals surface area (Å²) in [5.41, 5.74) is 3.81. The van der Waals surface area contributed by atoms with Crippen LogP contribution in [0.25, 0.3) is 22.3 Å². The van der Waals surface area contributed by atoms with Crippen LogP contribution in [0.5, 0.6) is 11.5 Å². The molecule has 0 aliphatic carbocycles. The number of pyridine rings is 2. The van der Waals surface area contributed by atoms with Gasteiger partial charge in [-0.2, -0.15) is 0 Å². The monoisotopic (exact) mass is 472 g/mol. The molecule has 0 spiro atoms. The highest BCUT2D eigenvalue weighted by Gasteiger charge is 2.12. The third-order valence-electron chi connectivity index (χ3n) is 5.41. The molecule has 0 unspecified atom stereocenters. The van der Waals surface area contributed by atoms with Crippen LogP contribution in [-0.4, -0.2) is 46.0 Å². The van der Waals surface area contributed by atoms with Gasteiger partial charge in [-0.15, -0.1) is 13.2 Å². The molecule has 0 atom stereocenters. The fraction of sp³-hybridized carbons (Fsp3) is 0.250.